The third-order valence-electron chi connectivity index (χ3n) is 6.18. The van der Waals surface area contributed by atoms with Crippen molar-refractivity contribution in [2.24, 2.45) is 0 Å². The van der Waals surface area contributed by atoms with Crippen molar-refractivity contribution in [3.8, 4) is 11.5 Å². The summed E-state index contributed by atoms with van der Waals surface area (Å²) in [4.78, 5) is 27.5. The largest absolute Gasteiger partial charge is 0.497 e. The van der Waals surface area contributed by atoms with Crippen LogP contribution in [0, 0.1) is 0 Å². The quantitative estimate of drug-likeness (QED) is 0.162. The maximum atomic E-state index is 13.8. The highest BCUT2D eigenvalue weighted by molar-refractivity contribution is 7.93. The fourth-order valence-corrected chi connectivity index (χ4v) is 6.95. The first-order valence-corrected chi connectivity index (χ1v) is 15.2. The molecule has 0 amide bonds. The van der Waals surface area contributed by atoms with Gasteiger partial charge in [-0.2, -0.15) is 0 Å². The molecule has 4 rings (SSSR count). The Morgan fingerprint density at radius 3 is 1.76 bits per heavy atom. The van der Waals surface area contributed by atoms with Crippen LogP contribution in [0.25, 0.3) is 10.8 Å². The fraction of sp³-hybridized carbons (Fsp3) is 0.179. The van der Waals surface area contributed by atoms with Gasteiger partial charge >= 0.3 is 0 Å². The molecule has 220 valence electrons. The zero-order valence-electron chi connectivity index (χ0n) is 22.8. The molecule has 0 radical (unpaired) electrons. The number of carbonyl (C=O) groups is 2. The summed E-state index contributed by atoms with van der Waals surface area (Å²) in [5.41, 5.74) is 0.0402. The minimum Gasteiger partial charge on any atom is -0.497 e. The Labute approximate surface area is 243 Å². The number of nitrogens with zero attached hydrogens (tertiary/aromatic N) is 3. The van der Waals surface area contributed by atoms with E-state index in [2.05, 4.69) is 4.98 Å². The lowest BCUT2D eigenvalue weighted by atomic mass is 10.1. The molecule has 12 nitrogen and oxygen atoms in total. The summed E-state index contributed by atoms with van der Waals surface area (Å²) in [7, 11) is -5.74. The van der Waals surface area contributed by atoms with Crippen LogP contribution in [0.1, 0.15) is 6.92 Å². The summed E-state index contributed by atoms with van der Waals surface area (Å²) in [6, 6.07) is 17.6. The highest BCUT2D eigenvalue weighted by Gasteiger charge is 2.32. The zero-order valence-corrected chi connectivity index (χ0v) is 24.5. The number of ether oxygens (including phenoxy) is 3. The molecule has 0 unspecified atom stereocenters. The second kappa shape index (κ2) is 12.4. The van der Waals surface area contributed by atoms with Crippen LogP contribution in [0.15, 0.2) is 88.8 Å². The van der Waals surface area contributed by atoms with Crippen molar-refractivity contribution in [3.63, 3.8) is 0 Å². The fourth-order valence-electron chi connectivity index (χ4n) is 4.15. The van der Waals surface area contributed by atoms with Crippen LogP contribution in [0.4, 0.5) is 11.5 Å². The van der Waals surface area contributed by atoms with Crippen LogP contribution in [-0.4, -0.2) is 61.6 Å². The van der Waals surface area contributed by atoms with E-state index >= 15 is 0 Å². The molecule has 1 aromatic heterocycles. The number of methoxy groups -OCH3 is 2. The number of hydrogen-bond acceptors (Lipinski definition) is 10. The molecule has 0 aliphatic heterocycles. The third kappa shape index (κ3) is 5.99. The Morgan fingerprint density at radius 2 is 1.29 bits per heavy atom. The molecule has 0 aliphatic rings. The van der Waals surface area contributed by atoms with Crippen LogP contribution >= 0.6 is 0 Å². The van der Waals surface area contributed by atoms with Gasteiger partial charge < -0.3 is 14.2 Å². The molecule has 3 aromatic carbocycles. The van der Waals surface area contributed by atoms with E-state index in [0.29, 0.717) is 11.5 Å². The highest BCUT2D eigenvalue weighted by atomic mass is 32.2. The molecule has 0 aliphatic carbocycles. The number of sulfonamides is 2. The number of benzene rings is 3. The van der Waals surface area contributed by atoms with Crippen molar-refractivity contribution in [1.82, 2.24) is 4.98 Å². The van der Waals surface area contributed by atoms with Gasteiger partial charge in [0.1, 0.15) is 17.3 Å². The number of hydrogen-bond donors (Lipinski definition) is 0. The van der Waals surface area contributed by atoms with Crippen LogP contribution in [0.3, 0.4) is 0 Å². The number of aromatic nitrogens is 1. The zero-order chi connectivity index (χ0) is 30.5. The number of Topliss-reactive ketones (excluding diaryl/α,β-unsaturated/α-hetero) is 1. The molecule has 0 saturated heterocycles. The van der Waals surface area contributed by atoms with E-state index in [0.717, 1.165) is 8.61 Å². The van der Waals surface area contributed by atoms with E-state index in [1.54, 1.807) is 24.3 Å². The van der Waals surface area contributed by atoms with Gasteiger partial charge in [-0.1, -0.05) is 24.3 Å². The first-order chi connectivity index (χ1) is 20.0. The Balaban J connectivity index is 1.91. The summed E-state index contributed by atoms with van der Waals surface area (Å²) < 4.78 is 71.8. The Hall–Kier alpha value is -4.69. The lowest BCUT2D eigenvalue weighted by Crippen LogP contribution is -2.36. The Kier molecular flexibility index (Phi) is 8.97. The maximum absolute atomic E-state index is 13.8. The van der Waals surface area contributed by atoms with Crippen molar-refractivity contribution >= 4 is 54.6 Å². The first kappa shape index (κ1) is 30.3. The predicted molar refractivity (Wildman–Crippen MR) is 155 cm³/mol. The Morgan fingerprint density at radius 1 is 0.786 bits per heavy atom. The number of fused-ring (bicyclic) bond motifs is 1. The van der Waals surface area contributed by atoms with E-state index in [9.17, 15) is 26.4 Å². The van der Waals surface area contributed by atoms with Crippen LogP contribution in [0.2, 0.25) is 0 Å². The minimum atomic E-state index is -4.34. The van der Waals surface area contributed by atoms with Gasteiger partial charge in [-0.05, 0) is 55.5 Å². The van der Waals surface area contributed by atoms with Crippen LogP contribution in [0.5, 0.6) is 11.5 Å². The van der Waals surface area contributed by atoms with E-state index < -0.39 is 39.1 Å². The molecule has 1 heterocycles. The number of ketones is 1. The summed E-state index contributed by atoms with van der Waals surface area (Å²) in [5.74, 6) is 0.306. The smallest absolute Gasteiger partial charge is 0.294 e. The van der Waals surface area contributed by atoms with Gasteiger partial charge in [0.25, 0.3) is 26.5 Å². The van der Waals surface area contributed by atoms with Crippen LogP contribution in [-0.2, 0) is 34.4 Å². The predicted octanol–water partition coefficient (Wildman–Crippen LogP) is 3.36. The summed E-state index contributed by atoms with van der Waals surface area (Å²) in [6.07, 6.45) is 1.17. The van der Waals surface area contributed by atoms with Gasteiger partial charge in [-0.15, -0.1) is 0 Å². The molecular weight excluding hydrogens is 586 g/mol. The topological polar surface area (TPSA) is 149 Å². The van der Waals surface area contributed by atoms with E-state index in [1.165, 1.54) is 75.9 Å². The Bertz CT molecular complexity index is 1810. The molecular formula is C28H27N3O9S2. The average molecular weight is 614 g/mol. The minimum absolute atomic E-state index is 0.0402. The second-order valence-electron chi connectivity index (χ2n) is 8.82. The van der Waals surface area contributed by atoms with Gasteiger partial charge in [0, 0.05) is 10.8 Å². The molecule has 0 saturated carbocycles. The van der Waals surface area contributed by atoms with Crippen molar-refractivity contribution in [2.75, 3.05) is 36.1 Å². The van der Waals surface area contributed by atoms with Crippen LogP contribution < -0.4 is 18.1 Å². The SMILES string of the molecule is COc1ccc(S(=O)(=O)N(CC(C)=O)c2cnc(N(COC=O)S(=O)(=O)c3ccc(OC)cc3)c3ccccc23)cc1. The molecule has 0 spiro atoms. The third-order valence-corrected chi connectivity index (χ3v) is 9.68. The summed E-state index contributed by atoms with van der Waals surface area (Å²) in [5, 5.41) is 0.502. The number of pyridine rings is 1. The number of rotatable bonds is 13. The van der Waals surface area contributed by atoms with E-state index in [1.807, 2.05) is 0 Å². The standard InChI is InChI=1S/C28H27N3O9S2/c1-20(33)17-30(41(34,35)23-12-8-21(38-2)9-13-23)27-16-29-28(26-7-5-4-6-25(26)27)31(18-40-19-32)42(36,37)24-14-10-22(39-3)11-15-24/h4-16,19H,17-18H2,1-3H3. The van der Waals surface area contributed by atoms with Crippen molar-refractivity contribution < 1.29 is 40.6 Å². The second-order valence-corrected chi connectivity index (χ2v) is 12.5. The lowest BCUT2D eigenvalue weighted by molar-refractivity contribution is -0.128. The molecule has 0 atom stereocenters. The van der Waals surface area contributed by atoms with Gasteiger partial charge in [0.05, 0.1) is 42.4 Å². The lowest BCUT2D eigenvalue weighted by Gasteiger charge is -2.27. The molecule has 14 heteroatoms. The molecule has 42 heavy (non-hydrogen) atoms. The van der Waals surface area contributed by atoms with Gasteiger partial charge in [0.15, 0.2) is 12.5 Å². The average Bonchev–Trinajstić information content (AvgIpc) is 3.00. The maximum Gasteiger partial charge on any atom is 0.294 e. The normalized spacial score (nSPS) is 11.5. The van der Waals surface area contributed by atoms with Crippen molar-refractivity contribution in [2.45, 2.75) is 16.7 Å². The molecule has 0 N–H and O–H groups in total. The first-order valence-electron chi connectivity index (χ1n) is 12.3. The molecule has 0 fully saturated rings. The monoisotopic (exact) mass is 613 g/mol. The van der Waals surface area contributed by atoms with E-state index in [-0.39, 0.29) is 38.5 Å². The van der Waals surface area contributed by atoms with E-state index in [4.69, 9.17) is 14.2 Å². The highest BCUT2D eigenvalue weighted by Crippen LogP contribution is 2.37. The van der Waals surface area contributed by atoms with Gasteiger partial charge in [0.2, 0.25) is 0 Å². The molecule has 4 aromatic rings. The molecule has 0 bridgehead atoms. The van der Waals surface area contributed by atoms with Gasteiger partial charge in [-0.25, -0.2) is 26.1 Å². The van der Waals surface area contributed by atoms with Gasteiger partial charge in [-0.3, -0.25) is 13.9 Å². The van der Waals surface area contributed by atoms with Crippen molar-refractivity contribution in [1.29, 1.82) is 0 Å². The summed E-state index contributed by atoms with van der Waals surface area (Å²) >= 11 is 0. The number of anilines is 2. The summed E-state index contributed by atoms with van der Waals surface area (Å²) in [6.45, 7) is 0.126. The van der Waals surface area contributed by atoms with Crippen molar-refractivity contribution in [3.05, 3.63) is 79.0 Å². The number of carbonyl (C=O) groups excluding carboxylic acids is 2.